The minimum atomic E-state index is -1.66. The Morgan fingerprint density at radius 2 is 0.892 bits per heavy atom. The van der Waals surface area contributed by atoms with Crippen LogP contribution in [0.5, 0.6) is 0 Å². The molecule has 1 fully saturated rings. The number of ether oxygens (including phenoxy) is 2. The molecule has 0 saturated carbocycles. The van der Waals surface area contributed by atoms with E-state index in [0.717, 1.165) is 51.4 Å². The number of unbranched alkanes of at least 4 members (excludes halogenated alkanes) is 33. The molecule has 0 bridgehead atoms. The van der Waals surface area contributed by atoms with Gasteiger partial charge in [0, 0.05) is 0 Å². The average Bonchev–Trinajstić information content (AvgIpc) is 3.31. The lowest BCUT2D eigenvalue weighted by atomic mass is 9.98. The fourth-order valence-corrected chi connectivity index (χ4v) is 9.03. The third-order valence-corrected chi connectivity index (χ3v) is 13.6. The number of carbonyl (C=O) groups is 1. The molecule has 9 atom stereocenters. The standard InChI is InChI=1S/C54H105NO10/c1-3-5-7-9-11-13-15-17-19-21-23-24-26-28-30-32-34-36-38-40-42-47(58)53(63)55-45(44-64-54-52(62)51(61)50(60)48(43-56)65-54)49(59)46(57)41-39-37-35-33-31-29-27-25-22-20-18-16-14-12-10-8-6-4-2/h24,26,45-52,54,56-62H,3-23,25,27-44H2,1-2H3,(H,55,63)/b26-24-. The first-order chi connectivity index (χ1) is 31.7. The molecule has 0 aliphatic carbocycles. The molecule has 1 aliphatic rings. The van der Waals surface area contributed by atoms with E-state index in [1.54, 1.807) is 0 Å². The summed E-state index contributed by atoms with van der Waals surface area (Å²) in [6, 6.07) is -1.17. The maximum Gasteiger partial charge on any atom is 0.249 e. The molecule has 0 aromatic heterocycles. The molecule has 0 aromatic carbocycles. The Bertz CT molecular complexity index is 1060. The van der Waals surface area contributed by atoms with Crippen molar-refractivity contribution >= 4 is 5.91 Å². The van der Waals surface area contributed by atoms with E-state index in [9.17, 15) is 40.5 Å². The Labute approximate surface area is 398 Å². The first-order valence-corrected chi connectivity index (χ1v) is 27.6. The van der Waals surface area contributed by atoms with Gasteiger partial charge in [-0.2, -0.15) is 0 Å². The third-order valence-electron chi connectivity index (χ3n) is 13.6. The number of hydrogen-bond acceptors (Lipinski definition) is 10. The normalized spacial score (nSPS) is 20.9. The van der Waals surface area contributed by atoms with Crippen molar-refractivity contribution in [2.45, 2.75) is 313 Å². The molecule has 1 rings (SSSR count). The van der Waals surface area contributed by atoms with Gasteiger partial charge in [-0.25, -0.2) is 0 Å². The van der Waals surface area contributed by atoms with E-state index in [-0.39, 0.29) is 6.42 Å². The maximum atomic E-state index is 13.2. The van der Waals surface area contributed by atoms with Gasteiger partial charge in [0.1, 0.15) is 36.6 Å². The minimum absolute atomic E-state index is 0.256. The van der Waals surface area contributed by atoms with Crippen molar-refractivity contribution in [1.29, 1.82) is 0 Å². The Balaban J connectivity index is 2.35. The number of hydrogen-bond donors (Lipinski definition) is 8. The Morgan fingerprint density at radius 1 is 0.523 bits per heavy atom. The first-order valence-electron chi connectivity index (χ1n) is 27.6. The molecule has 0 radical (unpaired) electrons. The van der Waals surface area contributed by atoms with Gasteiger partial charge in [0.25, 0.3) is 0 Å². The van der Waals surface area contributed by atoms with Crippen LogP contribution < -0.4 is 5.32 Å². The van der Waals surface area contributed by atoms with Gasteiger partial charge < -0.3 is 50.5 Å². The van der Waals surface area contributed by atoms with E-state index in [2.05, 4.69) is 31.3 Å². The van der Waals surface area contributed by atoms with Crippen LogP contribution in [-0.4, -0.2) is 110 Å². The highest BCUT2D eigenvalue weighted by atomic mass is 16.7. The van der Waals surface area contributed by atoms with Crippen molar-refractivity contribution in [2.75, 3.05) is 13.2 Å². The van der Waals surface area contributed by atoms with E-state index < -0.39 is 74.2 Å². The van der Waals surface area contributed by atoms with Crippen LogP contribution in [0.1, 0.15) is 258 Å². The summed E-state index contributed by atoms with van der Waals surface area (Å²) in [5, 5.41) is 76.0. The molecule has 1 amide bonds. The predicted molar refractivity (Wildman–Crippen MR) is 266 cm³/mol. The lowest BCUT2D eigenvalue weighted by molar-refractivity contribution is -0.303. The third kappa shape index (κ3) is 33.1. The van der Waals surface area contributed by atoms with Crippen LogP contribution in [0.25, 0.3) is 0 Å². The summed E-state index contributed by atoms with van der Waals surface area (Å²) in [7, 11) is 0. The largest absolute Gasteiger partial charge is 0.394 e. The van der Waals surface area contributed by atoms with Crippen molar-refractivity contribution < 1.29 is 50.0 Å². The van der Waals surface area contributed by atoms with E-state index in [4.69, 9.17) is 9.47 Å². The summed E-state index contributed by atoms with van der Waals surface area (Å²) < 4.78 is 11.1. The zero-order chi connectivity index (χ0) is 47.6. The molecular weight excluding hydrogens is 823 g/mol. The van der Waals surface area contributed by atoms with Gasteiger partial charge in [-0.15, -0.1) is 0 Å². The summed E-state index contributed by atoms with van der Waals surface area (Å²) in [6.45, 7) is 3.48. The zero-order valence-corrected chi connectivity index (χ0v) is 42.0. The fourth-order valence-electron chi connectivity index (χ4n) is 9.03. The molecule has 1 heterocycles. The van der Waals surface area contributed by atoms with Crippen LogP contribution in [0.15, 0.2) is 12.2 Å². The van der Waals surface area contributed by atoms with Gasteiger partial charge >= 0.3 is 0 Å². The first kappa shape index (κ1) is 61.9. The Morgan fingerprint density at radius 3 is 1.29 bits per heavy atom. The number of allylic oxidation sites excluding steroid dienone is 2. The summed E-state index contributed by atoms with van der Waals surface area (Å²) in [4.78, 5) is 13.2. The van der Waals surface area contributed by atoms with Crippen LogP contribution in [0.4, 0.5) is 0 Å². The van der Waals surface area contributed by atoms with Crippen LogP contribution in [-0.2, 0) is 14.3 Å². The SMILES string of the molecule is CCCCCCCCCCCC/C=C\CCCCCCCCC(O)C(=O)NC(COC1OC(CO)C(O)C(O)C1O)C(O)C(O)CCCCCCCCCCCCCCCCCCCC. The van der Waals surface area contributed by atoms with Gasteiger partial charge in [-0.05, 0) is 38.5 Å². The highest BCUT2D eigenvalue weighted by Crippen LogP contribution is 2.23. The molecule has 1 saturated heterocycles. The van der Waals surface area contributed by atoms with Crippen LogP contribution in [0.3, 0.4) is 0 Å². The summed E-state index contributed by atoms with van der Waals surface area (Å²) in [6.07, 6.45) is 38.2. The van der Waals surface area contributed by atoms with Crippen molar-refractivity contribution in [2.24, 2.45) is 0 Å². The Kier molecular flexibility index (Phi) is 42.0. The molecule has 65 heavy (non-hydrogen) atoms. The van der Waals surface area contributed by atoms with Crippen LogP contribution >= 0.6 is 0 Å². The van der Waals surface area contributed by atoms with Crippen molar-refractivity contribution in [3.8, 4) is 0 Å². The highest BCUT2D eigenvalue weighted by Gasteiger charge is 2.44. The second-order valence-electron chi connectivity index (χ2n) is 19.7. The summed E-state index contributed by atoms with van der Waals surface area (Å²) in [5.41, 5.74) is 0. The smallest absolute Gasteiger partial charge is 0.249 e. The molecule has 11 nitrogen and oxygen atoms in total. The molecular formula is C54H105NO10. The number of rotatable bonds is 47. The van der Waals surface area contributed by atoms with Gasteiger partial charge in [-0.3, -0.25) is 4.79 Å². The number of nitrogens with one attached hydrogen (secondary N) is 1. The van der Waals surface area contributed by atoms with Gasteiger partial charge in [0.2, 0.25) is 5.91 Å². The van der Waals surface area contributed by atoms with Crippen molar-refractivity contribution in [3.05, 3.63) is 12.2 Å². The Hall–Kier alpha value is -1.15. The van der Waals surface area contributed by atoms with Crippen molar-refractivity contribution in [1.82, 2.24) is 5.32 Å². The van der Waals surface area contributed by atoms with E-state index >= 15 is 0 Å². The predicted octanol–water partition coefficient (Wildman–Crippen LogP) is 10.8. The molecule has 11 heteroatoms. The summed E-state index contributed by atoms with van der Waals surface area (Å²) in [5.74, 6) is -0.698. The highest BCUT2D eigenvalue weighted by molar-refractivity contribution is 5.80. The molecule has 9 unspecified atom stereocenters. The second kappa shape index (κ2) is 44.1. The number of aliphatic hydroxyl groups is 7. The molecule has 8 N–H and O–H groups in total. The summed E-state index contributed by atoms with van der Waals surface area (Å²) >= 11 is 0. The van der Waals surface area contributed by atoms with Crippen molar-refractivity contribution in [3.63, 3.8) is 0 Å². The number of amides is 1. The van der Waals surface area contributed by atoms with Gasteiger partial charge in [0.05, 0.1) is 25.4 Å². The van der Waals surface area contributed by atoms with Gasteiger partial charge in [-0.1, -0.05) is 231 Å². The number of carbonyl (C=O) groups excluding carboxylic acids is 1. The quantitative estimate of drug-likeness (QED) is 0.0215. The van der Waals surface area contributed by atoms with Crippen LogP contribution in [0.2, 0.25) is 0 Å². The van der Waals surface area contributed by atoms with E-state index in [1.807, 2.05) is 0 Å². The number of aliphatic hydroxyl groups excluding tert-OH is 7. The topological polar surface area (TPSA) is 189 Å². The minimum Gasteiger partial charge on any atom is -0.394 e. The zero-order valence-electron chi connectivity index (χ0n) is 42.0. The lowest BCUT2D eigenvalue weighted by Gasteiger charge is -2.40. The molecule has 386 valence electrons. The molecule has 0 spiro atoms. The van der Waals surface area contributed by atoms with Crippen LogP contribution in [0, 0.1) is 0 Å². The molecule has 0 aromatic rings. The lowest BCUT2D eigenvalue weighted by Crippen LogP contribution is -2.60. The monoisotopic (exact) mass is 928 g/mol. The molecule has 1 aliphatic heterocycles. The fraction of sp³-hybridized carbons (Fsp3) is 0.944. The van der Waals surface area contributed by atoms with Gasteiger partial charge in [0.15, 0.2) is 6.29 Å². The second-order valence-corrected chi connectivity index (χ2v) is 19.7. The van der Waals surface area contributed by atoms with E-state index in [1.165, 1.54) is 167 Å². The maximum absolute atomic E-state index is 13.2. The average molecular weight is 928 g/mol. The van der Waals surface area contributed by atoms with E-state index in [0.29, 0.717) is 19.3 Å².